The SMILES string of the molecule is CN(C(=O)OC(C)(C)C)c1cc(Oc2ccc(O)c(C(C)(C)C)c2)ccc1[N+](=O)[O-]. The highest BCUT2D eigenvalue weighted by atomic mass is 16.6. The van der Waals surface area contributed by atoms with Gasteiger partial charge in [-0.25, -0.2) is 4.79 Å². The predicted molar refractivity (Wildman–Crippen MR) is 115 cm³/mol. The van der Waals surface area contributed by atoms with Crippen LogP contribution < -0.4 is 9.64 Å². The molecule has 0 aliphatic rings. The Morgan fingerprint density at radius 1 is 1.03 bits per heavy atom. The van der Waals surface area contributed by atoms with Gasteiger partial charge < -0.3 is 14.6 Å². The van der Waals surface area contributed by atoms with E-state index in [1.54, 1.807) is 32.9 Å². The molecule has 1 amide bonds. The van der Waals surface area contributed by atoms with Gasteiger partial charge in [-0.1, -0.05) is 20.8 Å². The molecular weight excluding hydrogens is 388 g/mol. The van der Waals surface area contributed by atoms with Crippen LogP contribution in [0.15, 0.2) is 36.4 Å². The summed E-state index contributed by atoms with van der Waals surface area (Å²) in [5.74, 6) is 0.915. The summed E-state index contributed by atoms with van der Waals surface area (Å²) in [7, 11) is 1.40. The molecule has 0 saturated heterocycles. The average Bonchev–Trinajstić information content (AvgIpc) is 2.60. The van der Waals surface area contributed by atoms with E-state index >= 15 is 0 Å². The van der Waals surface area contributed by atoms with Gasteiger partial charge in [0.05, 0.1) is 4.92 Å². The third-order valence-electron chi connectivity index (χ3n) is 4.18. The molecule has 0 radical (unpaired) electrons. The Morgan fingerprint density at radius 2 is 1.60 bits per heavy atom. The van der Waals surface area contributed by atoms with Crippen molar-refractivity contribution in [3.63, 3.8) is 0 Å². The maximum Gasteiger partial charge on any atom is 0.414 e. The molecule has 8 nitrogen and oxygen atoms in total. The summed E-state index contributed by atoms with van der Waals surface area (Å²) in [5, 5.41) is 21.6. The molecule has 2 rings (SSSR count). The van der Waals surface area contributed by atoms with Crippen molar-refractivity contribution in [2.24, 2.45) is 0 Å². The van der Waals surface area contributed by atoms with E-state index in [9.17, 15) is 20.0 Å². The number of benzene rings is 2. The molecule has 0 atom stereocenters. The lowest BCUT2D eigenvalue weighted by Gasteiger charge is -2.24. The standard InChI is InChI=1S/C22H28N2O6/c1-21(2,3)16-12-14(9-11-19(16)25)29-15-8-10-17(24(27)28)18(13-15)23(7)20(26)30-22(4,5)6/h8-13,25H,1-7H3. The minimum atomic E-state index is -0.746. The van der Waals surface area contributed by atoms with Crippen LogP contribution in [0.3, 0.4) is 0 Å². The van der Waals surface area contributed by atoms with E-state index in [1.807, 2.05) is 20.8 Å². The molecule has 30 heavy (non-hydrogen) atoms. The zero-order valence-electron chi connectivity index (χ0n) is 18.3. The molecule has 0 saturated carbocycles. The van der Waals surface area contributed by atoms with Crippen LogP contribution in [0.2, 0.25) is 0 Å². The molecule has 0 unspecified atom stereocenters. The van der Waals surface area contributed by atoms with Crippen LogP contribution >= 0.6 is 0 Å². The van der Waals surface area contributed by atoms with Gasteiger partial charge in [0.1, 0.15) is 28.5 Å². The summed E-state index contributed by atoms with van der Waals surface area (Å²) in [4.78, 5) is 24.4. The molecule has 2 aromatic rings. The Balaban J connectivity index is 2.41. The molecule has 0 heterocycles. The number of hydrogen-bond acceptors (Lipinski definition) is 6. The maximum atomic E-state index is 12.4. The molecule has 0 fully saturated rings. The van der Waals surface area contributed by atoms with E-state index < -0.39 is 16.6 Å². The molecule has 1 N–H and O–H groups in total. The number of phenolic OH excluding ortho intramolecular Hbond substituents is 1. The lowest BCUT2D eigenvalue weighted by Crippen LogP contribution is -2.34. The van der Waals surface area contributed by atoms with Crippen molar-refractivity contribution in [3.05, 3.63) is 52.1 Å². The van der Waals surface area contributed by atoms with Gasteiger partial charge in [-0.3, -0.25) is 15.0 Å². The number of amides is 1. The number of nitro groups is 1. The van der Waals surface area contributed by atoms with Crippen molar-refractivity contribution >= 4 is 17.5 Å². The minimum Gasteiger partial charge on any atom is -0.508 e. The number of aromatic hydroxyl groups is 1. The number of rotatable bonds is 4. The number of ether oxygens (including phenoxy) is 2. The van der Waals surface area contributed by atoms with Gasteiger partial charge in [0, 0.05) is 24.7 Å². The van der Waals surface area contributed by atoms with Crippen LogP contribution in [0.4, 0.5) is 16.2 Å². The fourth-order valence-electron chi connectivity index (χ4n) is 2.73. The topological polar surface area (TPSA) is 102 Å². The van der Waals surface area contributed by atoms with Gasteiger partial charge in [0.2, 0.25) is 0 Å². The van der Waals surface area contributed by atoms with E-state index in [-0.39, 0.29) is 22.5 Å². The second-order valence-electron chi connectivity index (χ2n) is 8.98. The molecule has 0 aliphatic heterocycles. The van der Waals surface area contributed by atoms with Crippen molar-refractivity contribution < 1.29 is 24.3 Å². The molecule has 2 aromatic carbocycles. The van der Waals surface area contributed by atoms with Gasteiger partial charge >= 0.3 is 6.09 Å². The Labute approximate surface area is 176 Å². The molecule has 8 heteroatoms. The maximum absolute atomic E-state index is 12.4. The lowest BCUT2D eigenvalue weighted by molar-refractivity contribution is -0.384. The fourth-order valence-corrected chi connectivity index (χ4v) is 2.73. The van der Waals surface area contributed by atoms with Gasteiger partial charge in [-0.05, 0) is 50.5 Å². The van der Waals surface area contributed by atoms with E-state index in [2.05, 4.69) is 0 Å². The average molecular weight is 416 g/mol. The molecule has 0 aliphatic carbocycles. The Kier molecular flexibility index (Phi) is 6.30. The summed E-state index contributed by atoms with van der Waals surface area (Å²) in [6, 6.07) is 8.99. The first-order valence-corrected chi connectivity index (χ1v) is 9.45. The van der Waals surface area contributed by atoms with Crippen LogP contribution in [-0.2, 0) is 10.2 Å². The highest BCUT2D eigenvalue weighted by molar-refractivity contribution is 5.90. The van der Waals surface area contributed by atoms with Crippen molar-refractivity contribution in [3.8, 4) is 17.2 Å². The summed E-state index contributed by atoms with van der Waals surface area (Å²) in [6.07, 6.45) is -0.720. The molecule has 0 bridgehead atoms. The zero-order chi connectivity index (χ0) is 22.9. The van der Waals surface area contributed by atoms with Gasteiger partial charge in [-0.15, -0.1) is 0 Å². The molecule has 0 aromatic heterocycles. The van der Waals surface area contributed by atoms with Gasteiger partial charge in [0.25, 0.3) is 5.69 Å². The second kappa shape index (κ2) is 8.22. The highest BCUT2D eigenvalue weighted by Gasteiger charge is 2.27. The van der Waals surface area contributed by atoms with E-state index in [4.69, 9.17) is 9.47 Å². The largest absolute Gasteiger partial charge is 0.508 e. The molecular formula is C22H28N2O6. The van der Waals surface area contributed by atoms with E-state index in [1.165, 1.54) is 31.3 Å². The van der Waals surface area contributed by atoms with Crippen molar-refractivity contribution in [1.29, 1.82) is 0 Å². The summed E-state index contributed by atoms with van der Waals surface area (Å²) < 4.78 is 11.2. The second-order valence-corrected chi connectivity index (χ2v) is 8.98. The Morgan fingerprint density at radius 3 is 2.13 bits per heavy atom. The first kappa shape index (κ1) is 23.0. The third-order valence-corrected chi connectivity index (χ3v) is 4.18. The fraction of sp³-hybridized carbons (Fsp3) is 0.409. The van der Waals surface area contributed by atoms with E-state index in [0.29, 0.717) is 17.1 Å². The summed E-state index contributed by atoms with van der Waals surface area (Å²) in [5.41, 5.74) is -0.559. The lowest BCUT2D eigenvalue weighted by atomic mass is 9.86. The van der Waals surface area contributed by atoms with Gasteiger partial charge in [-0.2, -0.15) is 0 Å². The van der Waals surface area contributed by atoms with Crippen LogP contribution in [0, 0.1) is 10.1 Å². The van der Waals surface area contributed by atoms with Crippen molar-refractivity contribution in [1.82, 2.24) is 0 Å². The number of carbonyl (C=O) groups is 1. The quantitative estimate of drug-likeness (QED) is 0.502. The van der Waals surface area contributed by atoms with E-state index in [0.717, 1.165) is 4.90 Å². The van der Waals surface area contributed by atoms with Crippen molar-refractivity contribution in [2.75, 3.05) is 11.9 Å². The zero-order valence-corrected chi connectivity index (χ0v) is 18.3. The predicted octanol–water partition coefficient (Wildman–Crippen LogP) is 5.76. The number of nitrogens with zero attached hydrogens (tertiary/aromatic N) is 2. The van der Waals surface area contributed by atoms with Crippen LogP contribution in [0.25, 0.3) is 0 Å². The molecule has 0 spiro atoms. The van der Waals surface area contributed by atoms with Crippen molar-refractivity contribution in [2.45, 2.75) is 52.6 Å². The monoisotopic (exact) mass is 416 g/mol. The summed E-state index contributed by atoms with van der Waals surface area (Å²) >= 11 is 0. The Bertz CT molecular complexity index is 957. The van der Waals surface area contributed by atoms with Crippen LogP contribution in [0.5, 0.6) is 17.2 Å². The number of hydrogen-bond donors (Lipinski definition) is 1. The molecule has 162 valence electrons. The number of carbonyl (C=O) groups excluding carboxylic acids is 1. The number of phenols is 1. The third kappa shape index (κ3) is 5.62. The summed E-state index contributed by atoms with van der Waals surface area (Å²) in [6.45, 7) is 11.0. The van der Waals surface area contributed by atoms with Crippen LogP contribution in [-0.4, -0.2) is 28.8 Å². The minimum absolute atomic E-state index is 0.0431. The first-order chi connectivity index (χ1) is 13.7. The first-order valence-electron chi connectivity index (χ1n) is 9.45. The van der Waals surface area contributed by atoms with Crippen LogP contribution in [0.1, 0.15) is 47.1 Å². The van der Waals surface area contributed by atoms with Gasteiger partial charge in [0.15, 0.2) is 0 Å². The number of nitro benzene ring substituents is 1. The normalized spacial score (nSPS) is 11.7. The highest BCUT2D eigenvalue weighted by Crippen LogP contribution is 2.37. The number of anilines is 1. The Hall–Kier alpha value is -3.29. The smallest absolute Gasteiger partial charge is 0.414 e.